The van der Waals surface area contributed by atoms with Crippen molar-refractivity contribution in [2.45, 2.75) is 13.0 Å². The van der Waals surface area contributed by atoms with E-state index in [1.54, 1.807) is 16.1 Å². The molecule has 2 aromatic heterocycles. The number of nitrogens with zero attached hydrogens (tertiary/aromatic N) is 3. The van der Waals surface area contributed by atoms with E-state index in [1.165, 1.54) is 9.75 Å². The summed E-state index contributed by atoms with van der Waals surface area (Å²) in [6.07, 6.45) is 1.82. The van der Waals surface area contributed by atoms with Crippen LogP contribution in [-0.4, -0.2) is 22.0 Å². The van der Waals surface area contributed by atoms with E-state index >= 15 is 0 Å². The zero-order valence-corrected chi connectivity index (χ0v) is 12.3. The lowest BCUT2D eigenvalue weighted by Crippen LogP contribution is -2.17. The first-order valence-electron chi connectivity index (χ1n) is 6.49. The molecule has 0 radical (unpaired) electrons. The molecule has 0 saturated heterocycles. The molecule has 0 amide bonds. The van der Waals surface area contributed by atoms with Gasteiger partial charge >= 0.3 is 0 Å². The van der Waals surface area contributed by atoms with E-state index in [9.17, 15) is 0 Å². The summed E-state index contributed by atoms with van der Waals surface area (Å²) >= 11 is 1.78. The SMILES string of the molecule is CNC(c1cnn(-c2ccccc2)n1)c1ccc(C)s1. The largest absolute Gasteiger partial charge is 0.307 e. The van der Waals surface area contributed by atoms with Crippen molar-refractivity contribution >= 4 is 11.3 Å². The lowest BCUT2D eigenvalue weighted by atomic mass is 10.2. The van der Waals surface area contributed by atoms with Crippen LogP contribution in [-0.2, 0) is 0 Å². The molecule has 20 heavy (non-hydrogen) atoms. The van der Waals surface area contributed by atoms with Gasteiger partial charge < -0.3 is 5.32 Å². The van der Waals surface area contributed by atoms with Crippen LogP contribution in [0.4, 0.5) is 0 Å². The molecule has 0 fully saturated rings. The first-order chi connectivity index (χ1) is 9.78. The molecule has 3 aromatic rings. The summed E-state index contributed by atoms with van der Waals surface area (Å²) in [6, 6.07) is 14.3. The van der Waals surface area contributed by atoms with Crippen LogP contribution in [0.5, 0.6) is 0 Å². The fraction of sp³-hybridized carbons (Fsp3) is 0.200. The fourth-order valence-corrected chi connectivity index (χ4v) is 3.14. The molecule has 0 spiro atoms. The summed E-state index contributed by atoms with van der Waals surface area (Å²) in [5.41, 5.74) is 1.90. The van der Waals surface area contributed by atoms with Crippen molar-refractivity contribution in [2.75, 3.05) is 7.05 Å². The summed E-state index contributed by atoms with van der Waals surface area (Å²) in [6.45, 7) is 2.11. The lowest BCUT2D eigenvalue weighted by molar-refractivity contribution is 0.658. The summed E-state index contributed by atoms with van der Waals surface area (Å²) < 4.78 is 0. The van der Waals surface area contributed by atoms with Crippen LogP contribution in [0.1, 0.15) is 21.5 Å². The zero-order valence-electron chi connectivity index (χ0n) is 11.4. The third kappa shape index (κ3) is 2.50. The van der Waals surface area contributed by atoms with Gasteiger partial charge in [-0.05, 0) is 38.2 Å². The van der Waals surface area contributed by atoms with Gasteiger partial charge in [-0.1, -0.05) is 18.2 Å². The van der Waals surface area contributed by atoms with Crippen molar-refractivity contribution in [3.8, 4) is 5.69 Å². The minimum absolute atomic E-state index is 0.0890. The minimum atomic E-state index is 0.0890. The van der Waals surface area contributed by atoms with Gasteiger partial charge in [0.15, 0.2) is 0 Å². The third-order valence-corrected chi connectivity index (χ3v) is 4.19. The molecule has 0 bridgehead atoms. The predicted molar refractivity (Wildman–Crippen MR) is 81.3 cm³/mol. The topological polar surface area (TPSA) is 42.7 Å². The number of nitrogens with one attached hydrogen (secondary N) is 1. The van der Waals surface area contributed by atoms with E-state index in [-0.39, 0.29) is 6.04 Å². The smallest absolute Gasteiger partial charge is 0.105 e. The van der Waals surface area contributed by atoms with Crippen LogP contribution < -0.4 is 5.32 Å². The van der Waals surface area contributed by atoms with Gasteiger partial charge in [0, 0.05) is 9.75 Å². The van der Waals surface area contributed by atoms with Crippen molar-refractivity contribution in [1.82, 2.24) is 20.3 Å². The van der Waals surface area contributed by atoms with Crippen molar-refractivity contribution in [1.29, 1.82) is 0 Å². The Morgan fingerprint density at radius 3 is 2.60 bits per heavy atom. The Morgan fingerprint density at radius 1 is 1.15 bits per heavy atom. The van der Waals surface area contributed by atoms with E-state index in [0.29, 0.717) is 0 Å². The Kier molecular flexibility index (Phi) is 3.62. The van der Waals surface area contributed by atoms with Gasteiger partial charge in [0.25, 0.3) is 0 Å². The summed E-state index contributed by atoms with van der Waals surface area (Å²) in [7, 11) is 1.95. The molecule has 4 nitrogen and oxygen atoms in total. The molecule has 5 heteroatoms. The van der Waals surface area contributed by atoms with Crippen molar-refractivity contribution in [2.24, 2.45) is 0 Å². The molecule has 0 aliphatic heterocycles. The van der Waals surface area contributed by atoms with Gasteiger partial charge in [-0.2, -0.15) is 15.0 Å². The van der Waals surface area contributed by atoms with Crippen LogP contribution >= 0.6 is 11.3 Å². The molecular formula is C15H16N4S. The second-order valence-electron chi connectivity index (χ2n) is 4.56. The van der Waals surface area contributed by atoms with Gasteiger partial charge in [0.05, 0.1) is 17.9 Å². The minimum Gasteiger partial charge on any atom is -0.307 e. The number of aromatic nitrogens is 3. The first-order valence-corrected chi connectivity index (χ1v) is 7.31. The lowest BCUT2D eigenvalue weighted by Gasteiger charge is -2.10. The van der Waals surface area contributed by atoms with E-state index in [0.717, 1.165) is 11.4 Å². The fourth-order valence-electron chi connectivity index (χ4n) is 2.14. The highest BCUT2D eigenvalue weighted by Gasteiger charge is 2.17. The van der Waals surface area contributed by atoms with E-state index in [1.807, 2.05) is 43.6 Å². The van der Waals surface area contributed by atoms with E-state index in [4.69, 9.17) is 0 Å². The van der Waals surface area contributed by atoms with Gasteiger partial charge in [0.1, 0.15) is 5.69 Å². The van der Waals surface area contributed by atoms with Crippen LogP contribution in [0.3, 0.4) is 0 Å². The third-order valence-electron chi connectivity index (χ3n) is 3.13. The maximum atomic E-state index is 4.59. The summed E-state index contributed by atoms with van der Waals surface area (Å²) in [5.74, 6) is 0. The van der Waals surface area contributed by atoms with Crippen LogP contribution in [0.2, 0.25) is 0 Å². The number of benzene rings is 1. The van der Waals surface area contributed by atoms with Crippen molar-refractivity contribution in [3.63, 3.8) is 0 Å². The number of thiophene rings is 1. The Labute approximate surface area is 122 Å². The van der Waals surface area contributed by atoms with E-state index in [2.05, 4.69) is 34.6 Å². The molecule has 3 rings (SSSR count). The Balaban J connectivity index is 1.92. The second-order valence-corrected chi connectivity index (χ2v) is 5.88. The standard InChI is InChI=1S/C15H16N4S/c1-11-8-9-14(20-11)15(16-2)13-10-17-19(18-13)12-6-4-3-5-7-12/h3-10,15-16H,1-2H3. The molecule has 1 aromatic carbocycles. The van der Waals surface area contributed by atoms with E-state index < -0.39 is 0 Å². The number of aryl methyl sites for hydroxylation is 1. The molecule has 0 aliphatic rings. The Hall–Kier alpha value is -1.98. The Bertz CT molecular complexity index is 687. The highest BCUT2D eigenvalue weighted by atomic mass is 32.1. The number of rotatable bonds is 4. The maximum absolute atomic E-state index is 4.59. The predicted octanol–water partition coefficient (Wildman–Crippen LogP) is 2.95. The normalized spacial score (nSPS) is 12.5. The molecule has 1 atom stereocenters. The Morgan fingerprint density at radius 2 is 1.95 bits per heavy atom. The molecule has 0 aliphatic carbocycles. The van der Waals surface area contributed by atoms with Crippen molar-refractivity contribution in [3.05, 3.63) is 64.1 Å². The highest BCUT2D eigenvalue weighted by molar-refractivity contribution is 7.12. The molecular weight excluding hydrogens is 268 g/mol. The van der Waals surface area contributed by atoms with Crippen molar-refractivity contribution < 1.29 is 0 Å². The van der Waals surface area contributed by atoms with Crippen LogP contribution in [0.15, 0.2) is 48.7 Å². The molecule has 0 saturated carbocycles. The maximum Gasteiger partial charge on any atom is 0.105 e. The second kappa shape index (κ2) is 5.56. The average Bonchev–Trinajstić information content (AvgIpc) is 3.11. The monoisotopic (exact) mass is 284 g/mol. The number of hydrogen-bond donors (Lipinski definition) is 1. The molecule has 1 N–H and O–H groups in total. The van der Waals surface area contributed by atoms with Gasteiger partial charge in [0.2, 0.25) is 0 Å². The molecule has 2 heterocycles. The number of para-hydroxylation sites is 1. The highest BCUT2D eigenvalue weighted by Crippen LogP contribution is 2.26. The van der Waals surface area contributed by atoms with Gasteiger partial charge in [-0.15, -0.1) is 11.3 Å². The van der Waals surface area contributed by atoms with Crippen LogP contribution in [0.25, 0.3) is 5.69 Å². The zero-order chi connectivity index (χ0) is 13.9. The summed E-state index contributed by atoms with van der Waals surface area (Å²) in [5, 5.41) is 12.3. The number of hydrogen-bond acceptors (Lipinski definition) is 4. The first kappa shape index (κ1) is 13.0. The van der Waals surface area contributed by atoms with Gasteiger partial charge in [-0.3, -0.25) is 0 Å². The molecule has 1 unspecified atom stereocenters. The average molecular weight is 284 g/mol. The van der Waals surface area contributed by atoms with Crippen LogP contribution in [0, 0.1) is 6.92 Å². The quantitative estimate of drug-likeness (QED) is 0.801. The van der Waals surface area contributed by atoms with Gasteiger partial charge in [-0.25, -0.2) is 0 Å². The summed E-state index contributed by atoms with van der Waals surface area (Å²) in [4.78, 5) is 4.22. The molecule has 102 valence electrons.